The molecule has 2 saturated carbocycles. The van der Waals surface area contributed by atoms with Crippen molar-refractivity contribution in [3.63, 3.8) is 0 Å². The summed E-state index contributed by atoms with van der Waals surface area (Å²) in [5, 5.41) is 8.46. The van der Waals surface area contributed by atoms with Crippen LogP contribution in [0.4, 0.5) is 0 Å². The lowest BCUT2D eigenvalue weighted by Crippen LogP contribution is -2.69. The van der Waals surface area contributed by atoms with Crippen molar-refractivity contribution < 1.29 is 4.74 Å². The molecule has 0 amide bonds. The lowest BCUT2D eigenvalue weighted by atomic mass is 9.54. The minimum absolute atomic E-state index is 0.363. The maximum Gasteiger partial charge on any atom is 0.191 e. The Morgan fingerprint density at radius 2 is 2.16 bits per heavy atom. The molecule has 1 aromatic heterocycles. The van der Waals surface area contributed by atoms with E-state index in [-0.39, 0.29) is 0 Å². The number of hydrogen-bond donors (Lipinski definition) is 2. The molecule has 4 rings (SSSR count). The Morgan fingerprint density at radius 1 is 1.36 bits per heavy atom. The van der Waals surface area contributed by atoms with Crippen molar-refractivity contribution in [1.82, 2.24) is 15.6 Å². The number of guanidine groups is 1. The molecule has 1 aromatic rings. The summed E-state index contributed by atoms with van der Waals surface area (Å²) in [4.78, 5) is 10.4. The molecule has 6 heteroatoms. The molecule has 0 aromatic carbocycles. The monoisotopic (exact) mass is 362 g/mol. The number of ether oxygens (including phenoxy) is 1. The summed E-state index contributed by atoms with van der Waals surface area (Å²) in [6.07, 6.45) is 7.94. The van der Waals surface area contributed by atoms with Crippen molar-refractivity contribution in [1.29, 1.82) is 0 Å². The van der Waals surface area contributed by atoms with Gasteiger partial charge in [-0.15, -0.1) is 11.3 Å². The highest BCUT2D eigenvalue weighted by molar-refractivity contribution is 7.11. The number of thiazole rings is 1. The van der Waals surface area contributed by atoms with Gasteiger partial charge in [0.1, 0.15) is 0 Å². The average molecular weight is 363 g/mol. The van der Waals surface area contributed by atoms with Crippen LogP contribution in [0.1, 0.15) is 47.7 Å². The van der Waals surface area contributed by atoms with E-state index in [1.165, 1.54) is 42.0 Å². The van der Waals surface area contributed by atoms with Crippen molar-refractivity contribution in [2.24, 2.45) is 16.3 Å². The molecule has 2 heterocycles. The fraction of sp³-hybridized carbons (Fsp3) is 0.789. The number of nitrogens with zero attached hydrogens (tertiary/aromatic N) is 2. The zero-order valence-corrected chi connectivity index (χ0v) is 16.4. The minimum Gasteiger partial charge on any atom is -0.377 e. The van der Waals surface area contributed by atoms with Gasteiger partial charge in [-0.05, 0) is 33.1 Å². The standard InChI is InChI=1S/C19H30N4OS/c1-12-13(2)25-15(22-12)6-10-21-18(20-3)23-16-14-7-11-24-17(14)19(16)8-4-5-9-19/h14,16-17H,4-11H2,1-3H3,(H2,20,21,23). The molecule has 138 valence electrons. The van der Waals surface area contributed by atoms with Crippen molar-refractivity contribution in [3.05, 3.63) is 15.6 Å². The predicted molar refractivity (Wildman–Crippen MR) is 102 cm³/mol. The molecule has 5 nitrogen and oxygen atoms in total. The number of aromatic nitrogens is 1. The van der Waals surface area contributed by atoms with Crippen molar-refractivity contribution in [2.45, 2.75) is 64.5 Å². The molecule has 2 N–H and O–H groups in total. The Balaban J connectivity index is 1.34. The van der Waals surface area contributed by atoms with Crippen LogP contribution in [0.15, 0.2) is 4.99 Å². The Kier molecular flexibility index (Phi) is 4.75. The first kappa shape index (κ1) is 17.3. The van der Waals surface area contributed by atoms with Gasteiger partial charge in [0, 0.05) is 48.9 Å². The minimum atomic E-state index is 0.363. The lowest BCUT2D eigenvalue weighted by molar-refractivity contribution is -0.125. The Morgan fingerprint density at radius 3 is 2.84 bits per heavy atom. The molecular weight excluding hydrogens is 332 g/mol. The fourth-order valence-corrected chi connectivity index (χ4v) is 6.11. The van der Waals surface area contributed by atoms with E-state index in [1.807, 2.05) is 7.05 Å². The number of nitrogens with one attached hydrogen (secondary N) is 2. The molecule has 1 aliphatic heterocycles. The Bertz CT molecular complexity index is 630. The first-order valence-electron chi connectivity index (χ1n) is 9.66. The normalized spacial score (nSPS) is 30.4. The van der Waals surface area contributed by atoms with Gasteiger partial charge in [0.2, 0.25) is 0 Å². The van der Waals surface area contributed by atoms with Crippen molar-refractivity contribution in [3.8, 4) is 0 Å². The molecule has 0 radical (unpaired) electrons. The number of aryl methyl sites for hydroxylation is 2. The number of rotatable bonds is 4. The second-order valence-electron chi connectivity index (χ2n) is 7.80. The molecule has 3 aliphatic rings. The third kappa shape index (κ3) is 2.97. The third-order valence-corrected chi connectivity index (χ3v) is 7.64. The largest absolute Gasteiger partial charge is 0.377 e. The molecule has 3 atom stereocenters. The maximum absolute atomic E-state index is 6.08. The summed E-state index contributed by atoms with van der Waals surface area (Å²) in [7, 11) is 1.87. The van der Waals surface area contributed by atoms with E-state index in [1.54, 1.807) is 11.3 Å². The van der Waals surface area contributed by atoms with Crippen LogP contribution in [0.2, 0.25) is 0 Å². The van der Waals surface area contributed by atoms with Gasteiger partial charge in [-0.25, -0.2) is 4.98 Å². The summed E-state index contributed by atoms with van der Waals surface area (Å²) >= 11 is 1.80. The average Bonchev–Trinajstić information content (AvgIpc) is 3.31. The van der Waals surface area contributed by atoms with Crippen LogP contribution in [0.5, 0.6) is 0 Å². The molecular formula is C19H30N4OS. The molecule has 25 heavy (non-hydrogen) atoms. The second kappa shape index (κ2) is 6.88. The van der Waals surface area contributed by atoms with Crippen LogP contribution in [0, 0.1) is 25.2 Å². The van der Waals surface area contributed by atoms with Gasteiger partial charge in [0.25, 0.3) is 0 Å². The first-order chi connectivity index (χ1) is 12.1. The number of aliphatic imine (C=N–C) groups is 1. The van der Waals surface area contributed by atoms with E-state index in [2.05, 4.69) is 34.5 Å². The van der Waals surface area contributed by atoms with Crippen molar-refractivity contribution >= 4 is 17.3 Å². The Labute approximate surface area is 154 Å². The molecule has 1 spiro atoms. The summed E-state index contributed by atoms with van der Waals surface area (Å²) < 4.78 is 6.08. The summed E-state index contributed by atoms with van der Waals surface area (Å²) in [5.41, 5.74) is 1.52. The van der Waals surface area contributed by atoms with E-state index < -0.39 is 0 Å². The van der Waals surface area contributed by atoms with Gasteiger partial charge in [-0.2, -0.15) is 0 Å². The SMILES string of the molecule is CN=C(NCCc1nc(C)c(C)s1)NC1C2CCOC2C12CCCC2. The van der Waals surface area contributed by atoms with Crippen LogP contribution in [-0.4, -0.2) is 43.3 Å². The van der Waals surface area contributed by atoms with E-state index >= 15 is 0 Å². The number of hydrogen-bond acceptors (Lipinski definition) is 4. The van der Waals surface area contributed by atoms with Crippen LogP contribution in [0.25, 0.3) is 0 Å². The van der Waals surface area contributed by atoms with E-state index in [0.29, 0.717) is 23.5 Å². The topological polar surface area (TPSA) is 58.5 Å². The quantitative estimate of drug-likeness (QED) is 0.639. The maximum atomic E-state index is 6.08. The first-order valence-corrected chi connectivity index (χ1v) is 10.5. The van der Waals surface area contributed by atoms with Crippen LogP contribution in [0.3, 0.4) is 0 Å². The second-order valence-corrected chi connectivity index (χ2v) is 9.09. The fourth-order valence-electron chi connectivity index (χ4n) is 5.18. The van der Waals surface area contributed by atoms with Crippen molar-refractivity contribution in [2.75, 3.05) is 20.2 Å². The van der Waals surface area contributed by atoms with Gasteiger partial charge >= 0.3 is 0 Å². The third-order valence-electron chi connectivity index (χ3n) is 6.51. The molecule has 0 bridgehead atoms. The highest BCUT2D eigenvalue weighted by Gasteiger charge is 2.65. The molecule has 3 fully saturated rings. The molecule has 1 saturated heterocycles. The van der Waals surface area contributed by atoms with Crippen LogP contribution in [-0.2, 0) is 11.2 Å². The zero-order chi connectivity index (χ0) is 17.4. The van der Waals surface area contributed by atoms with E-state index in [0.717, 1.165) is 31.2 Å². The van der Waals surface area contributed by atoms with Crippen LogP contribution < -0.4 is 10.6 Å². The lowest BCUT2D eigenvalue weighted by Gasteiger charge is -2.57. The zero-order valence-electron chi connectivity index (χ0n) is 15.6. The van der Waals surface area contributed by atoms with Gasteiger partial charge in [-0.3, -0.25) is 4.99 Å². The molecule has 3 unspecified atom stereocenters. The summed E-state index contributed by atoms with van der Waals surface area (Å²) in [5.74, 6) is 1.60. The highest BCUT2D eigenvalue weighted by Crippen LogP contribution is 2.60. The Hall–Kier alpha value is -1.14. The van der Waals surface area contributed by atoms with Gasteiger partial charge in [-0.1, -0.05) is 12.8 Å². The smallest absolute Gasteiger partial charge is 0.191 e. The summed E-state index contributed by atoms with van der Waals surface area (Å²) in [6, 6.07) is 0.526. The van der Waals surface area contributed by atoms with Crippen LogP contribution >= 0.6 is 11.3 Å². The van der Waals surface area contributed by atoms with Gasteiger partial charge in [0.05, 0.1) is 16.8 Å². The predicted octanol–water partition coefficient (Wildman–Crippen LogP) is 2.82. The molecule has 2 aliphatic carbocycles. The van der Waals surface area contributed by atoms with Gasteiger partial charge in [0.15, 0.2) is 5.96 Å². The van der Waals surface area contributed by atoms with E-state index in [9.17, 15) is 0 Å². The highest BCUT2D eigenvalue weighted by atomic mass is 32.1. The van der Waals surface area contributed by atoms with Gasteiger partial charge < -0.3 is 15.4 Å². The van der Waals surface area contributed by atoms with E-state index in [4.69, 9.17) is 4.74 Å². The summed E-state index contributed by atoms with van der Waals surface area (Å²) in [6.45, 7) is 6.03. The number of fused-ring (bicyclic) bond motifs is 2.